The maximum atomic E-state index is 13.2. The van der Waals surface area contributed by atoms with Gasteiger partial charge in [-0.1, -0.05) is 30.3 Å². The predicted octanol–water partition coefficient (Wildman–Crippen LogP) is 2.76. The minimum Gasteiger partial charge on any atom is -0.396 e. The van der Waals surface area contributed by atoms with Crippen LogP contribution in [0, 0.1) is 5.82 Å². The van der Waals surface area contributed by atoms with Crippen molar-refractivity contribution in [3.8, 4) is 0 Å². The van der Waals surface area contributed by atoms with E-state index in [9.17, 15) is 8.60 Å². The molecule has 1 unspecified atom stereocenters. The number of hydrogen-bond acceptors (Lipinski definition) is 2. The zero-order chi connectivity index (χ0) is 13.0. The Balaban J connectivity index is 2.02. The third-order valence-corrected chi connectivity index (χ3v) is 4.01. The quantitative estimate of drug-likeness (QED) is 0.862. The van der Waals surface area contributed by atoms with Crippen LogP contribution >= 0.6 is 0 Å². The summed E-state index contributed by atoms with van der Waals surface area (Å²) in [5.41, 5.74) is 6.59. The van der Waals surface area contributed by atoms with Crippen LogP contribution in [0.3, 0.4) is 0 Å². The Labute approximate surface area is 108 Å². The number of aryl methyl sites for hydroxylation is 1. The molecule has 1 atom stereocenters. The van der Waals surface area contributed by atoms with Crippen molar-refractivity contribution in [2.75, 3.05) is 11.5 Å². The lowest BCUT2D eigenvalue weighted by Gasteiger charge is -2.04. The zero-order valence-corrected chi connectivity index (χ0v) is 10.6. The van der Waals surface area contributed by atoms with Gasteiger partial charge < -0.3 is 5.73 Å². The van der Waals surface area contributed by atoms with Crippen LogP contribution in [0.25, 0.3) is 0 Å². The van der Waals surface area contributed by atoms with Gasteiger partial charge in [0.25, 0.3) is 0 Å². The summed E-state index contributed by atoms with van der Waals surface area (Å²) in [4.78, 5) is 0.484. The highest BCUT2D eigenvalue weighted by molar-refractivity contribution is 7.85. The van der Waals surface area contributed by atoms with Crippen LogP contribution < -0.4 is 5.73 Å². The average Bonchev–Trinajstić information content (AvgIpc) is 2.40. The fraction of sp³-hybridized carbons (Fsp3) is 0.143. The maximum Gasteiger partial charge on any atom is 0.147 e. The van der Waals surface area contributed by atoms with Gasteiger partial charge in [0, 0.05) is 10.6 Å². The first-order valence-corrected chi connectivity index (χ1v) is 6.96. The summed E-state index contributed by atoms with van der Waals surface area (Å²) in [7, 11) is -1.20. The van der Waals surface area contributed by atoms with Crippen LogP contribution in [-0.4, -0.2) is 9.96 Å². The normalized spacial score (nSPS) is 12.3. The van der Waals surface area contributed by atoms with E-state index in [2.05, 4.69) is 0 Å². The van der Waals surface area contributed by atoms with E-state index in [1.165, 1.54) is 12.1 Å². The first kappa shape index (κ1) is 12.8. The summed E-state index contributed by atoms with van der Waals surface area (Å²) in [6.07, 6.45) is 0.708. The number of anilines is 1. The smallest absolute Gasteiger partial charge is 0.147 e. The Morgan fingerprint density at radius 3 is 2.50 bits per heavy atom. The zero-order valence-electron chi connectivity index (χ0n) is 9.80. The molecule has 94 valence electrons. The molecular formula is C14H14FNOS. The van der Waals surface area contributed by atoms with Crippen molar-refractivity contribution in [3.63, 3.8) is 0 Å². The van der Waals surface area contributed by atoms with Gasteiger partial charge in [-0.05, 0) is 30.2 Å². The Morgan fingerprint density at radius 2 is 1.83 bits per heavy atom. The SMILES string of the molecule is Nc1ccc(S(=O)CCc2ccccc2)cc1F. The van der Waals surface area contributed by atoms with Gasteiger partial charge in [0.2, 0.25) is 0 Å². The summed E-state index contributed by atoms with van der Waals surface area (Å²) in [6, 6.07) is 14.1. The fourth-order valence-electron chi connectivity index (χ4n) is 1.62. The van der Waals surface area contributed by atoms with Crippen LogP contribution in [0.2, 0.25) is 0 Å². The molecule has 0 heterocycles. The van der Waals surface area contributed by atoms with Gasteiger partial charge in [-0.2, -0.15) is 0 Å². The number of rotatable bonds is 4. The van der Waals surface area contributed by atoms with Gasteiger partial charge in [0.15, 0.2) is 0 Å². The highest BCUT2D eigenvalue weighted by Gasteiger charge is 2.07. The minimum absolute atomic E-state index is 0.0822. The predicted molar refractivity (Wildman–Crippen MR) is 72.2 cm³/mol. The molecule has 0 spiro atoms. The lowest BCUT2D eigenvalue weighted by molar-refractivity contribution is 0.627. The maximum absolute atomic E-state index is 13.2. The van der Waals surface area contributed by atoms with Crippen LogP contribution in [-0.2, 0) is 17.2 Å². The van der Waals surface area contributed by atoms with Crippen LogP contribution in [0.5, 0.6) is 0 Å². The Bertz CT molecular complexity index is 557. The van der Waals surface area contributed by atoms with Gasteiger partial charge in [-0.15, -0.1) is 0 Å². The number of nitrogen functional groups attached to an aromatic ring is 1. The topological polar surface area (TPSA) is 43.1 Å². The Kier molecular flexibility index (Phi) is 4.10. The Hall–Kier alpha value is -1.68. The van der Waals surface area contributed by atoms with E-state index < -0.39 is 16.6 Å². The van der Waals surface area contributed by atoms with Crippen molar-refractivity contribution in [3.05, 3.63) is 59.9 Å². The molecule has 0 aliphatic heterocycles. The van der Waals surface area contributed by atoms with Crippen molar-refractivity contribution in [2.45, 2.75) is 11.3 Å². The molecule has 2 aromatic carbocycles. The molecular weight excluding hydrogens is 249 g/mol. The van der Waals surface area contributed by atoms with Crippen molar-refractivity contribution in [2.24, 2.45) is 0 Å². The lowest BCUT2D eigenvalue weighted by atomic mass is 10.2. The third kappa shape index (κ3) is 3.17. The first-order valence-electron chi connectivity index (χ1n) is 5.64. The van der Waals surface area contributed by atoms with E-state index in [0.29, 0.717) is 17.1 Å². The van der Waals surface area contributed by atoms with E-state index in [4.69, 9.17) is 5.73 Å². The molecule has 0 saturated carbocycles. The highest BCUT2D eigenvalue weighted by atomic mass is 32.2. The summed E-state index contributed by atoms with van der Waals surface area (Å²) in [6.45, 7) is 0. The van der Waals surface area contributed by atoms with Crippen LogP contribution in [0.15, 0.2) is 53.4 Å². The van der Waals surface area contributed by atoms with E-state index in [-0.39, 0.29) is 5.69 Å². The summed E-state index contributed by atoms with van der Waals surface area (Å²) >= 11 is 0. The highest BCUT2D eigenvalue weighted by Crippen LogP contribution is 2.15. The second kappa shape index (κ2) is 5.78. The molecule has 2 N–H and O–H groups in total. The van der Waals surface area contributed by atoms with E-state index in [1.807, 2.05) is 30.3 Å². The molecule has 4 heteroatoms. The fourth-order valence-corrected chi connectivity index (χ4v) is 2.73. The van der Waals surface area contributed by atoms with E-state index in [0.717, 1.165) is 5.56 Å². The number of halogens is 1. The molecule has 0 saturated heterocycles. The summed E-state index contributed by atoms with van der Waals surface area (Å²) in [5, 5.41) is 0. The molecule has 2 aromatic rings. The first-order chi connectivity index (χ1) is 8.66. The van der Waals surface area contributed by atoms with E-state index >= 15 is 0 Å². The van der Waals surface area contributed by atoms with Gasteiger partial charge >= 0.3 is 0 Å². The largest absolute Gasteiger partial charge is 0.396 e. The lowest BCUT2D eigenvalue weighted by Crippen LogP contribution is -2.03. The molecule has 18 heavy (non-hydrogen) atoms. The molecule has 0 bridgehead atoms. The molecule has 0 aliphatic carbocycles. The third-order valence-electron chi connectivity index (χ3n) is 2.65. The van der Waals surface area contributed by atoms with Crippen LogP contribution in [0.1, 0.15) is 5.56 Å². The number of hydrogen-bond donors (Lipinski definition) is 1. The molecule has 0 aliphatic rings. The molecule has 0 aromatic heterocycles. The molecule has 2 rings (SSSR count). The monoisotopic (exact) mass is 263 g/mol. The minimum atomic E-state index is -1.20. The molecule has 0 radical (unpaired) electrons. The molecule has 2 nitrogen and oxygen atoms in total. The van der Waals surface area contributed by atoms with E-state index in [1.54, 1.807) is 6.07 Å². The van der Waals surface area contributed by atoms with Crippen molar-refractivity contribution < 1.29 is 8.60 Å². The summed E-state index contributed by atoms with van der Waals surface area (Å²) < 4.78 is 25.2. The van der Waals surface area contributed by atoms with Crippen molar-refractivity contribution in [1.82, 2.24) is 0 Å². The molecule has 0 fully saturated rings. The summed E-state index contributed by atoms with van der Waals surface area (Å²) in [5.74, 6) is -0.0338. The van der Waals surface area contributed by atoms with Gasteiger partial charge in [-0.3, -0.25) is 4.21 Å². The van der Waals surface area contributed by atoms with Crippen molar-refractivity contribution >= 4 is 16.5 Å². The Morgan fingerprint density at radius 1 is 1.11 bits per heavy atom. The van der Waals surface area contributed by atoms with Gasteiger partial charge in [0.1, 0.15) is 5.82 Å². The van der Waals surface area contributed by atoms with Gasteiger partial charge in [-0.25, -0.2) is 4.39 Å². The van der Waals surface area contributed by atoms with Crippen molar-refractivity contribution in [1.29, 1.82) is 0 Å². The standard InChI is InChI=1S/C14H14FNOS/c15-13-10-12(6-7-14(13)16)18(17)9-8-11-4-2-1-3-5-11/h1-7,10H,8-9,16H2. The second-order valence-electron chi connectivity index (χ2n) is 3.97. The van der Waals surface area contributed by atoms with Crippen LogP contribution in [0.4, 0.5) is 10.1 Å². The molecule has 0 amide bonds. The second-order valence-corrected chi connectivity index (χ2v) is 5.54. The van der Waals surface area contributed by atoms with Gasteiger partial charge in [0.05, 0.1) is 16.5 Å². The average molecular weight is 263 g/mol. The number of nitrogens with two attached hydrogens (primary N) is 1. The number of benzene rings is 2.